The SMILES string of the molecule is COc1ccc(C)cc1N1C(=S)NC(c2ccc(-c3ccccc3)cc2)C(C(=O)c2ccccc2)=C1C. The molecule has 0 fully saturated rings. The van der Waals surface area contributed by atoms with Gasteiger partial charge in [0.05, 0.1) is 18.8 Å². The lowest BCUT2D eigenvalue weighted by molar-refractivity contribution is 0.102. The number of carbonyl (C=O) groups is 1. The average molecular weight is 505 g/mol. The zero-order chi connectivity index (χ0) is 25.9. The maximum absolute atomic E-state index is 14.0. The maximum Gasteiger partial charge on any atom is 0.193 e. The van der Waals surface area contributed by atoms with Crippen molar-refractivity contribution in [3.8, 4) is 16.9 Å². The molecule has 4 nitrogen and oxygen atoms in total. The second-order valence-electron chi connectivity index (χ2n) is 9.08. The van der Waals surface area contributed by atoms with Gasteiger partial charge in [0.2, 0.25) is 0 Å². The molecule has 5 heteroatoms. The van der Waals surface area contributed by atoms with E-state index >= 15 is 0 Å². The number of anilines is 1. The summed E-state index contributed by atoms with van der Waals surface area (Å²) in [4.78, 5) is 15.9. The normalized spacial score (nSPS) is 15.4. The molecule has 184 valence electrons. The Morgan fingerprint density at radius 1 is 0.838 bits per heavy atom. The van der Waals surface area contributed by atoms with Crippen molar-refractivity contribution in [3.05, 3.63) is 131 Å². The van der Waals surface area contributed by atoms with E-state index < -0.39 is 6.04 Å². The summed E-state index contributed by atoms with van der Waals surface area (Å²) in [6, 6.07) is 33.5. The van der Waals surface area contributed by atoms with E-state index in [9.17, 15) is 4.79 Å². The highest BCUT2D eigenvalue weighted by atomic mass is 32.1. The van der Waals surface area contributed by atoms with E-state index in [1.807, 2.05) is 85.5 Å². The molecule has 1 heterocycles. The minimum absolute atomic E-state index is 0.0399. The Morgan fingerprint density at radius 2 is 1.46 bits per heavy atom. The van der Waals surface area contributed by atoms with Gasteiger partial charge in [-0.25, -0.2) is 0 Å². The van der Waals surface area contributed by atoms with Crippen LogP contribution in [0.1, 0.15) is 34.5 Å². The number of allylic oxidation sites excluding steroid dienone is 1. The van der Waals surface area contributed by atoms with Gasteiger partial charge in [0.25, 0.3) is 0 Å². The number of rotatable bonds is 6. The molecule has 0 spiro atoms. The second-order valence-corrected chi connectivity index (χ2v) is 9.46. The molecule has 0 saturated heterocycles. The molecule has 4 aromatic rings. The molecule has 4 aromatic carbocycles. The molecule has 1 aliphatic rings. The van der Waals surface area contributed by atoms with Gasteiger partial charge in [0.1, 0.15) is 5.75 Å². The molecular weight excluding hydrogens is 476 g/mol. The zero-order valence-corrected chi connectivity index (χ0v) is 21.9. The number of nitrogens with one attached hydrogen (secondary N) is 1. The van der Waals surface area contributed by atoms with Crippen LogP contribution in [0.25, 0.3) is 11.1 Å². The molecule has 0 radical (unpaired) electrons. The standard InChI is InChI=1S/C32H28N2O2S/c1-21-14-19-28(36-3)27(20-21)34-22(2)29(31(35)26-12-8-5-9-13-26)30(33-32(34)37)25-17-15-24(16-18-25)23-10-6-4-7-11-23/h4-20,30H,1-3H3,(H,33,37). The fourth-order valence-electron chi connectivity index (χ4n) is 4.80. The van der Waals surface area contributed by atoms with Crippen LogP contribution in [0.3, 0.4) is 0 Å². The van der Waals surface area contributed by atoms with Gasteiger partial charge in [-0.3, -0.25) is 9.69 Å². The monoisotopic (exact) mass is 504 g/mol. The van der Waals surface area contributed by atoms with Gasteiger partial charge in [-0.1, -0.05) is 91.0 Å². The topological polar surface area (TPSA) is 41.6 Å². The van der Waals surface area contributed by atoms with Gasteiger partial charge in [0, 0.05) is 16.8 Å². The van der Waals surface area contributed by atoms with E-state index in [1.165, 1.54) is 0 Å². The molecule has 0 bridgehead atoms. The number of nitrogens with zero attached hydrogens (tertiary/aromatic N) is 1. The highest BCUT2D eigenvalue weighted by Gasteiger charge is 2.35. The zero-order valence-electron chi connectivity index (χ0n) is 21.1. The van der Waals surface area contributed by atoms with E-state index in [-0.39, 0.29) is 5.78 Å². The average Bonchev–Trinajstić information content (AvgIpc) is 2.93. The van der Waals surface area contributed by atoms with Crippen molar-refractivity contribution in [1.29, 1.82) is 0 Å². The van der Waals surface area contributed by atoms with Crippen LogP contribution in [0.4, 0.5) is 5.69 Å². The van der Waals surface area contributed by atoms with E-state index in [0.717, 1.165) is 33.6 Å². The first kappa shape index (κ1) is 24.5. The second kappa shape index (κ2) is 10.4. The molecule has 0 amide bonds. The first-order chi connectivity index (χ1) is 18.0. The number of thiocarbonyl (C=S) groups is 1. The minimum Gasteiger partial charge on any atom is -0.495 e. The number of carbonyl (C=O) groups excluding carboxylic acids is 1. The number of ether oxygens (including phenoxy) is 1. The summed E-state index contributed by atoms with van der Waals surface area (Å²) in [5, 5.41) is 3.98. The van der Waals surface area contributed by atoms with Crippen LogP contribution in [-0.4, -0.2) is 18.0 Å². The predicted octanol–water partition coefficient (Wildman–Crippen LogP) is 7.26. The molecule has 1 aliphatic heterocycles. The number of hydrogen-bond donors (Lipinski definition) is 1. The van der Waals surface area contributed by atoms with Crippen LogP contribution in [0, 0.1) is 6.92 Å². The Hall–Kier alpha value is -4.22. The Kier molecular flexibility index (Phi) is 6.89. The lowest BCUT2D eigenvalue weighted by atomic mass is 9.88. The van der Waals surface area contributed by atoms with Gasteiger partial charge in [-0.05, 0) is 60.5 Å². The van der Waals surface area contributed by atoms with E-state index in [0.29, 0.717) is 22.0 Å². The van der Waals surface area contributed by atoms with Crippen molar-refractivity contribution >= 4 is 28.8 Å². The van der Waals surface area contributed by atoms with Crippen molar-refractivity contribution in [2.45, 2.75) is 19.9 Å². The number of hydrogen-bond acceptors (Lipinski definition) is 3. The maximum atomic E-state index is 14.0. The van der Waals surface area contributed by atoms with Crippen LogP contribution in [-0.2, 0) is 0 Å². The third-order valence-corrected chi connectivity index (χ3v) is 6.99. The smallest absolute Gasteiger partial charge is 0.193 e. The number of ketones is 1. The van der Waals surface area contributed by atoms with Crippen molar-refractivity contribution in [2.24, 2.45) is 0 Å². The van der Waals surface area contributed by atoms with Crippen LogP contribution < -0.4 is 15.0 Å². The summed E-state index contributed by atoms with van der Waals surface area (Å²) >= 11 is 5.89. The number of benzene rings is 4. The highest BCUT2D eigenvalue weighted by Crippen LogP contribution is 2.39. The van der Waals surface area contributed by atoms with E-state index in [2.05, 4.69) is 41.7 Å². The highest BCUT2D eigenvalue weighted by molar-refractivity contribution is 7.80. The number of Topliss-reactive ketones (excluding diaryl/α,β-unsaturated/α-hetero) is 1. The molecule has 0 aliphatic carbocycles. The summed E-state index contributed by atoms with van der Waals surface area (Å²) in [5.41, 5.74) is 7.16. The third-order valence-electron chi connectivity index (χ3n) is 6.69. The largest absolute Gasteiger partial charge is 0.495 e. The van der Waals surface area contributed by atoms with Crippen molar-refractivity contribution in [1.82, 2.24) is 5.32 Å². The lowest BCUT2D eigenvalue weighted by Crippen LogP contribution is -2.48. The van der Waals surface area contributed by atoms with Gasteiger partial charge in [0.15, 0.2) is 10.9 Å². The van der Waals surface area contributed by atoms with Crippen molar-refractivity contribution in [2.75, 3.05) is 12.0 Å². The first-order valence-electron chi connectivity index (χ1n) is 12.2. The van der Waals surface area contributed by atoms with Crippen molar-refractivity contribution in [3.63, 3.8) is 0 Å². The fourth-order valence-corrected chi connectivity index (χ4v) is 5.15. The quantitative estimate of drug-likeness (QED) is 0.221. The summed E-state index contributed by atoms with van der Waals surface area (Å²) in [7, 11) is 1.64. The molecule has 5 rings (SSSR count). The van der Waals surface area contributed by atoms with Crippen molar-refractivity contribution < 1.29 is 9.53 Å². The minimum atomic E-state index is -0.392. The van der Waals surface area contributed by atoms with Crippen LogP contribution >= 0.6 is 12.2 Å². The number of methoxy groups -OCH3 is 1. The molecular formula is C32H28N2O2S. The summed E-state index contributed by atoms with van der Waals surface area (Å²) in [6.07, 6.45) is 0. The third kappa shape index (κ3) is 4.78. The van der Waals surface area contributed by atoms with Gasteiger partial charge < -0.3 is 10.1 Å². The lowest BCUT2D eigenvalue weighted by Gasteiger charge is -2.38. The Bertz CT molecular complexity index is 1480. The predicted molar refractivity (Wildman–Crippen MR) is 154 cm³/mol. The first-order valence-corrected chi connectivity index (χ1v) is 12.6. The van der Waals surface area contributed by atoms with Gasteiger partial charge in [-0.2, -0.15) is 0 Å². The Balaban J connectivity index is 1.64. The van der Waals surface area contributed by atoms with Gasteiger partial charge in [-0.15, -0.1) is 0 Å². The summed E-state index contributed by atoms with van der Waals surface area (Å²) < 4.78 is 5.66. The van der Waals surface area contributed by atoms with E-state index in [4.69, 9.17) is 17.0 Å². The van der Waals surface area contributed by atoms with Crippen LogP contribution in [0.5, 0.6) is 5.75 Å². The molecule has 0 saturated carbocycles. The molecule has 1 unspecified atom stereocenters. The van der Waals surface area contributed by atoms with Gasteiger partial charge >= 0.3 is 0 Å². The molecule has 1 N–H and O–H groups in total. The Labute approximate surface area is 223 Å². The number of aryl methyl sites for hydroxylation is 1. The molecule has 37 heavy (non-hydrogen) atoms. The van der Waals surface area contributed by atoms with E-state index in [1.54, 1.807) is 7.11 Å². The molecule has 0 aromatic heterocycles. The summed E-state index contributed by atoms with van der Waals surface area (Å²) in [5.74, 6) is 0.646. The van der Waals surface area contributed by atoms with Crippen LogP contribution in [0.15, 0.2) is 114 Å². The van der Waals surface area contributed by atoms with Crippen LogP contribution in [0.2, 0.25) is 0 Å². The Morgan fingerprint density at radius 3 is 2.11 bits per heavy atom. The fraction of sp³-hybridized carbons (Fsp3) is 0.125. The summed E-state index contributed by atoms with van der Waals surface area (Å²) in [6.45, 7) is 3.98. The molecule has 1 atom stereocenters.